The van der Waals surface area contributed by atoms with Crippen LogP contribution >= 0.6 is 15.9 Å². The van der Waals surface area contributed by atoms with Gasteiger partial charge in [-0.15, -0.1) is 0 Å². The zero-order valence-electron chi connectivity index (χ0n) is 14.0. The molecule has 118 valence electrons. The molecule has 3 rings (SSSR count). The highest BCUT2D eigenvalue weighted by Crippen LogP contribution is 2.38. The van der Waals surface area contributed by atoms with Crippen molar-refractivity contribution in [1.82, 2.24) is 0 Å². The SMILES string of the molecule is CC1=CC(C)(C)N(C)c2ccc(C=Nc3ccccc3Br)cc21. The molecule has 0 radical (unpaired) electrons. The van der Waals surface area contributed by atoms with Crippen molar-refractivity contribution in [2.45, 2.75) is 26.3 Å². The van der Waals surface area contributed by atoms with Gasteiger partial charge < -0.3 is 4.90 Å². The van der Waals surface area contributed by atoms with E-state index in [1.165, 1.54) is 16.8 Å². The molecule has 0 aromatic heterocycles. The minimum absolute atomic E-state index is 0.0432. The van der Waals surface area contributed by atoms with E-state index in [0.29, 0.717) is 0 Å². The molecule has 0 bridgehead atoms. The van der Waals surface area contributed by atoms with Crippen LogP contribution in [0.5, 0.6) is 0 Å². The maximum Gasteiger partial charge on any atom is 0.0771 e. The van der Waals surface area contributed by atoms with Crippen LogP contribution in [0.2, 0.25) is 0 Å². The van der Waals surface area contributed by atoms with E-state index in [-0.39, 0.29) is 5.54 Å². The van der Waals surface area contributed by atoms with E-state index in [2.05, 4.69) is 77.9 Å². The Morgan fingerprint density at radius 3 is 2.61 bits per heavy atom. The van der Waals surface area contributed by atoms with Crippen molar-refractivity contribution in [2.24, 2.45) is 4.99 Å². The van der Waals surface area contributed by atoms with Crippen molar-refractivity contribution in [3.05, 3.63) is 64.1 Å². The van der Waals surface area contributed by atoms with Crippen molar-refractivity contribution in [1.29, 1.82) is 0 Å². The molecule has 0 saturated carbocycles. The first-order valence-electron chi connectivity index (χ1n) is 7.75. The summed E-state index contributed by atoms with van der Waals surface area (Å²) in [5.74, 6) is 0. The van der Waals surface area contributed by atoms with Gasteiger partial charge in [0, 0.05) is 29.0 Å². The maximum absolute atomic E-state index is 4.59. The predicted molar refractivity (Wildman–Crippen MR) is 104 cm³/mol. The molecule has 0 unspecified atom stereocenters. The number of nitrogens with zero attached hydrogens (tertiary/aromatic N) is 2. The number of benzene rings is 2. The average molecular weight is 369 g/mol. The summed E-state index contributed by atoms with van der Waals surface area (Å²) in [7, 11) is 2.15. The maximum atomic E-state index is 4.59. The van der Waals surface area contributed by atoms with Crippen molar-refractivity contribution >= 4 is 39.1 Å². The molecule has 0 amide bonds. The molecule has 0 saturated heterocycles. The van der Waals surface area contributed by atoms with E-state index >= 15 is 0 Å². The van der Waals surface area contributed by atoms with Gasteiger partial charge in [-0.05, 0) is 72.1 Å². The molecular weight excluding hydrogens is 348 g/mol. The summed E-state index contributed by atoms with van der Waals surface area (Å²) in [6.07, 6.45) is 4.25. The minimum Gasteiger partial charge on any atom is -0.366 e. The number of halogens is 1. The lowest BCUT2D eigenvalue weighted by Gasteiger charge is -2.40. The van der Waals surface area contributed by atoms with Gasteiger partial charge in [0.25, 0.3) is 0 Å². The Bertz CT molecular complexity index is 803. The first-order chi connectivity index (χ1) is 10.9. The highest BCUT2D eigenvalue weighted by atomic mass is 79.9. The molecule has 0 atom stereocenters. The smallest absolute Gasteiger partial charge is 0.0771 e. The monoisotopic (exact) mass is 368 g/mol. The second kappa shape index (κ2) is 5.97. The summed E-state index contributed by atoms with van der Waals surface area (Å²) in [6.45, 7) is 6.66. The Kier molecular flexibility index (Phi) is 4.15. The molecule has 3 heteroatoms. The van der Waals surface area contributed by atoms with Gasteiger partial charge >= 0.3 is 0 Å². The lowest BCUT2D eigenvalue weighted by Crippen LogP contribution is -2.42. The molecule has 2 nitrogen and oxygen atoms in total. The first-order valence-corrected chi connectivity index (χ1v) is 8.54. The molecule has 2 aromatic rings. The van der Waals surface area contributed by atoms with E-state index in [9.17, 15) is 0 Å². The number of allylic oxidation sites excluding steroid dienone is 1. The van der Waals surface area contributed by atoms with Crippen molar-refractivity contribution in [3.8, 4) is 0 Å². The topological polar surface area (TPSA) is 15.6 Å². The number of hydrogen-bond donors (Lipinski definition) is 0. The van der Waals surface area contributed by atoms with Crippen LogP contribution in [0.3, 0.4) is 0 Å². The van der Waals surface area contributed by atoms with Gasteiger partial charge in [-0.1, -0.05) is 24.3 Å². The van der Waals surface area contributed by atoms with Gasteiger partial charge in [-0.25, -0.2) is 0 Å². The van der Waals surface area contributed by atoms with E-state index in [1.54, 1.807) is 0 Å². The number of aliphatic imine (C=N–C) groups is 1. The number of para-hydroxylation sites is 1. The Morgan fingerprint density at radius 2 is 1.87 bits per heavy atom. The van der Waals surface area contributed by atoms with Gasteiger partial charge in [0.15, 0.2) is 0 Å². The number of likely N-dealkylation sites (N-methyl/N-ethyl adjacent to an activating group) is 1. The van der Waals surface area contributed by atoms with Crippen LogP contribution in [0.4, 0.5) is 11.4 Å². The predicted octanol–water partition coefficient (Wildman–Crippen LogP) is 5.83. The summed E-state index contributed by atoms with van der Waals surface area (Å²) < 4.78 is 1.01. The van der Waals surface area contributed by atoms with Gasteiger partial charge in [-0.3, -0.25) is 4.99 Å². The number of fused-ring (bicyclic) bond motifs is 1. The van der Waals surface area contributed by atoms with E-state index in [4.69, 9.17) is 0 Å². The summed E-state index contributed by atoms with van der Waals surface area (Å²) in [6, 6.07) is 14.5. The standard InChI is InChI=1S/C20H21BrN2/c1-14-12-20(2,3)23(4)19-10-9-15(11-16(14)19)13-22-18-8-6-5-7-17(18)21/h5-13H,1-4H3. The average Bonchev–Trinajstić information content (AvgIpc) is 2.51. The first kappa shape index (κ1) is 16.0. The third-order valence-corrected chi connectivity index (χ3v) is 5.12. The second-order valence-electron chi connectivity index (χ2n) is 6.53. The third kappa shape index (κ3) is 3.11. The third-order valence-electron chi connectivity index (χ3n) is 4.45. The molecule has 1 aliphatic heterocycles. The molecule has 0 spiro atoms. The Labute approximate surface area is 146 Å². The summed E-state index contributed by atoms with van der Waals surface area (Å²) in [5, 5.41) is 0. The van der Waals surface area contributed by atoms with Gasteiger partial charge in [-0.2, -0.15) is 0 Å². The number of anilines is 1. The molecule has 23 heavy (non-hydrogen) atoms. The van der Waals surface area contributed by atoms with Crippen LogP contribution in [-0.2, 0) is 0 Å². The number of rotatable bonds is 2. The van der Waals surface area contributed by atoms with Crippen molar-refractivity contribution < 1.29 is 0 Å². The zero-order valence-corrected chi connectivity index (χ0v) is 15.6. The van der Waals surface area contributed by atoms with Crippen LogP contribution in [0.1, 0.15) is 31.9 Å². The molecule has 2 aromatic carbocycles. The largest absolute Gasteiger partial charge is 0.366 e. The van der Waals surface area contributed by atoms with Crippen LogP contribution in [-0.4, -0.2) is 18.8 Å². The number of hydrogen-bond acceptors (Lipinski definition) is 2. The Balaban J connectivity index is 1.96. The van der Waals surface area contributed by atoms with Gasteiger partial charge in [0.05, 0.1) is 11.2 Å². The van der Waals surface area contributed by atoms with E-state index < -0.39 is 0 Å². The highest BCUT2D eigenvalue weighted by Gasteiger charge is 2.28. The normalized spacial score (nSPS) is 16.4. The summed E-state index contributed by atoms with van der Waals surface area (Å²) >= 11 is 3.53. The summed E-state index contributed by atoms with van der Waals surface area (Å²) in [5.41, 5.74) is 5.97. The fraction of sp³-hybridized carbons (Fsp3) is 0.250. The van der Waals surface area contributed by atoms with Crippen LogP contribution in [0, 0.1) is 0 Å². The van der Waals surface area contributed by atoms with Crippen LogP contribution < -0.4 is 4.90 Å². The summed E-state index contributed by atoms with van der Waals surface area (Å²) in [4.78, 5) is 6.92. The quantitative estimate of drug-likeness (QED) is 0.608. The fourth-order valence-corrected chi connectivity index (χ4v) is 3.34. The lowest BCUT2D eigenvalue weighted by molar-refractivity contribution is 0.598. The molecular formula is C20H21BrN2. The Hall–Kier alpha value is -1.87. The molecule has 1 aliphatic rings. The lowest BCUT2D eigenvalue weighted by atomic mass is 9.89. The van der Waals surface area contributed by atoms with E-state index in [0.717, 1.165) is 15.7 Å². The molecule has 0 aliphatic carbocycles. The van der Waals surface area contributed by atoms with Gasteiger partial charge in [0.1, 0.15) is 0 Å². The second-order valence-corrected chi connectivity index (χ2v) is 7.38. The zero-order chi connectivity index (χ0) is 16.6. The molecule has 1 heterocycles. The fourth-order valence-electron chi connectivity index (χ4n) is 2.96. The minimum atomic E-state index is 0.0432. The van der Waals surface area contributed by atoms with E-state index in [1.807, 2.05) is 30.5 Å². The molecule has 0 fully saturated rings. The molecule has 0 N–H and O–H groups in total. The highest BCUT2D eigenvalue weighted by molar-refractivity contribution is 9.10. The van der Waals surface area contributed by atoms with Crippen LogP contribution in [0.25, 0.3) is 5.57 Å². The van der Waals surface area contributed by atoms with Gasteiger partial charge in [0.2, 0.25) is 0 Å². The Morgan fingerprint density at radius 1 is 1.13 bits per heavy atom. The van der Waals surface area contributed by atoms with Crippen molar-refractivity contribution in [2.75, 3.05) is 11.9 Å². The van der Waals surface area contributed by atoms with Crippen molar-refractivity contribution in [3.63, 3.8) is 0 Å². The van der Waals surface area contributed by atoms with Crippen LogP contribution in [0.15, 0.2) is 58.0 Å².